The minimum atomic E-state index is -0.162. The summed E-state index contributed by atoms with van der Waals surface area (Å²) in [5.74, 6) is 0.800. The summed E-state index contributed by atoms with van der Waals surface area (Å²) in [6.07, 6.45) is 0.928. The van der Waals surface area contributed by atoms with E-state index in [1.54, 1.807) is 6.92 Å². The molecule has 0 spiro atoms. The number of hydrogen-bond donors (Lipinski definition) is 1. The lowest BCUT2D eigenvalue weighted by Gasteiger charge is -2.25. The van der Waals surface area contributed by atoms with Crippen LogP contribution in [-0.4, -0.2) is 12.6 Å². The molecule has 21 heavy (non-hydrogen) atoms. The Morgan fingerprint density at radius 3 is 2.81 bits per heavy atom. The molecule has 0 saturated carbocycles. The Balaban J connectivity index is 1.87. The highest BCUT2D eigenvalue weighted by Crippen LogP contribution is 2.34. The first-order chi connectivity index (χ1) is 10.2. The topological polar surface area (TPSA) is 21.3 Å². The Bertz CT molecular complexity index is 616. The Morgan fingerprint density at radius 1 is 1.29 bits per heavy atom. The summed E-state index contributed by atoms with van der Waals surface area (Å²) < 4.78 is 19.6. The average molecular weight is 285 g/mol. The second kappa shape index (κ2) is 5.86. The van der Waals surface area contributed by atoms with Crippen molar-refractivity contribution in [3.8, 4) is 5.75 Å². The highest BCUT2D eigenvalue weighted by molar-refractivity contribution is 5.39. The summed E-state index contributed by atoms with van der Waals surface area (Å²) in [6, 6.07) is 13.5. The van der Waals surface area contributed by atoms with Gasteiger partial charge in [0.25, 0.3) is 0 Å². The van der Waals surface area contributed by atoms with Gasteiger partial charge in [0.1, 0.15) is 17.7 Å². The van der Waals surface area contributed by atoms with E-state index in [4.69, 9.17) is 4.74 Å². The molecular weight excluding hydrogens is 265 g/mol. The van der Waals surface area contributed by atoms with E-state index >= 15 is 0 Å². The summed E-state index contributed by atoms with van der Waals surface area (Å²) in [6.45, 7) is 4.72. The number of nitrogens with one attached hydrogen (secondary N) is 1. The Morgan fingerprint density at radius 2 is 2.10 bits per heavy atom. The van der Waals surface area contributed by atoms with E-state index in [0.717, 1.165) is 24.3 Å². The lowest BCUT2D eigenvalue weighted by Crippen LogP contribution is -2.34. The highest BCUT2D eigenvalue weighted by Gasteiger charge is 2.30. The van der Waals surface area contributed by atoms with Gasteiger partial charge in [-0.3, -0.25) is 0 Å². The predicted octanol–water partition coefficient (Wildman–Crippen LogP) is 3.79. The number of para-hydroxylation sites is 1. The van der Waals surface area contributed by atoms with E-state index in [2.05, 4.69) is 18.3 Å². The molecule has 0 aliphatic carbocycles. The second-order valence-electron chi connectivity index (χ2n) is 5.51. The largest absolute Gasteiger partial charge is 0.488 e. The van der Waals surface area contributed by atoms with Crippen LogP contribution in [0.15, 0.2) is 42.5 Å². The lowest BCUT2D eigenvalue weighted by atomic mass is 9.96. The number of aryl methyl sites for hydroxylation is 1. The summed E-state index contributed by atoms with van der Waals surface area (Å²) in [5.41, 5.74) is 2.99. The van der Waals surface area contributed by atoms with Crippen molar-refractivity contribution in [2.45, 2.75) is 32.4 Å². The van der Waals surface area contributed by atoms with Gasteiger partial charge in [-0.05, 0) is 42.3 Å². The highest BCUT2D eigenvalue weighted by atomic mass is 19.1. The van der Waals surface area contributed by atoms with Gasteiger partial charge in [0, 0.05) is 6.42 Å². The zero-order valence-corrected chi connectivity index (χ0v) is 12.4. The van der Waals surface area contributed by atoms with Gasteiger partial charge >= 0.3 is 0 Å². The van der Waals surface area contributed by atoms with Crippen molar-refractivity contribution in [3.63, 3.8) is 0 Å². The SMILES string of the molecule is CCNC(c1ccc(F)c(C)c1)C1Cc2ccccc2O1. The fraction of sp³-hybridized carbons (Fsp3) is 0.333. The molecule has 2 aromatic carbocycles. The maximum atomic E-state index is 13.5. The molecule has 0 fully saturated rings. The van der Waals surface area contributed by atoms with Gasteiger partial charge in [0.2, 0.25) is 0 Å². The molecule has 0 bridgehead atoms. The minimum Gasteiger partial charge on any atom is -0.488 e. The van der Waals surface area contributed by atoms with E-state index in [9.17, 15) is 4.39 Å². The zero-order valence-electron chi connectivity index (χ0n) is 12.4. The molecule has 0 saturated heterocycles. The molecular formula is C18H20FNO. The van der Waals surface area contributed by atoms with Crippen molar-refractivity contribution in [2.24, 2.45) is 0 Å². The molecule has 1 N–H and O–H groups in total. The third kappa shape index (κ3) is 2.79. The van der Waals surface area contributed by atoms with Gasteiger partial charge in [-0.1, -0.05) is 37.3 Å². The Kier molecular flexibility index (Phi) is 3.93. The van der Waals surface area contributed by atoms with Crippen molar-refractivity contribution in [2.75, 3.05) is 6.54 Å². The molecule has 0 radical (unpaired) electrons. The third-order valence-corrected chi connectivity index (χ3v) is 4.01. The Hall–Kier alpha value is -1.87. The van der Waals surface area contributed by atoms with Crippen molar-refractivity contribution >= 4 is 0 Å². The molecule has 1 aliphatic rings. The summed E-state index contributed by atoms with van der Waals surface area (Å²) in [4.78, 5) is 0. The van der Waals surface area contributed by atoms with Gasteiger partial charge in [-0.15, -0.1) is 0 Å². The molecule has 0 aromatic heterocycles. The second-order valence-corrected chi connectivity index (χ2v) is 5.51. The molecule has 2 atom stereocenters. The number of rotatable bonds is 4. The van der Waals surface area contributed by atoms with Gasteiger partial charge in [0.15, 0.2) is 0 Å². The minimum absolute atomic E-state index is 0.0483. The lowest BCUT2D eigenvalue weighted by molar-refractivity contribution is 0.179. The van der Waals surface area contributed by atoms with E-state index in [0.29, 0.717) is 5.56 Å². The number of likely N-dealkylation sites (N-methyl/N-ethyl adjacent to an activating group) is 1. The first-order valence-electron chi connectivity index (χ1n) is 7.43. The first-order valence-corrected chi connectivity index (χ1v) is 7.43. The molecule has 0 amide bonds. The molecule has 2 nitrogen and oxygen atoms in total. The maximum Gasteiger partial charge on any atom is 0.126 e. The molecule has 110 valence electrons. The van der Waals surface area contributed by atoms with Crippen LogP contribution in [0.4, 0.5) is 4.39 Å². The number of hydrogen-bond acceptors (Lipinski definition) is 2. The van der Waals surface area contributed by atoms with E-state index in [1.165, 1.54) is 11.6 Å². The van der Waals surface area contributed by atoms with E-state index in [-0.39, 0.29) is 18.0 Å². The number of fused-ring (bicyclic) bond motifs is 1. The molecule has 3 rings (SSSR count). The molecule has 2 aromatic rings. The first kappa shape index (κ1) is 14.1. The normalized spacial score (nSPS) is 18.1. The third-order valence-electron chi connectivity index (χ3n) is 4.01. The number of ether oxygens (including phenoxy) is 1. The van der Waals surface area contributed by atoms with Crippen molar-refractivity contribution in [1.82, 2.24) is 5.32 Å². The quantitative estimate of drug-likeness (QED) is 0.923. The van der Waals surface area contributed by atoms with Crippen molar-refractivity contribution in [1.29, 1.82) is 0 Å². The van der Waals surface area contributed by atoms with E-state index < -0.39 is 0 Å². The zero-order chi connectivity index (χ0) is 14.8. The summed E-state index contributed by atoms with van der Waals surface area (Å²) >= 11 is 0. The van der Waals surface area contributed by atoms with Crippen LogP contribution in [0.1, 0.15) is 29.7 Å². The average Bonchev–Trinajstić information content (AvgIpc) is 2.91. The predicted molar refractivity (Wildman–Crippen MR) is 82.1 cm³/mol. The molecule has 2 unspecified atom stereocenters. The van der Waals surface area contributed by atoms with E-state index in [1.807, 2.05) is 30.3 Å². The van der Waals surface area contributed by atoms with Crippen LogP contribution in [-0.2, 0) is 6.42 Å². The molecule has 1 aliphatic heterocycles. The number of benzene rings is 2. The summed E-state index contributed by atoms with van der Waals surface area (Å²) in [5, 5.41) is 3.47. The smallest absolute Gasteiger partial charge is 0.126 e. The monoisotopic (exact) mass is 285 g/mol. The van der Waals surface area contributed by atoms with Crippen LogP contribution in [0.3, 0.4) is 0 Å². The van der Waals surface area contributed by atoms with Gasteiger partial charge in [-0.2, -0.15) is 0 Å². The standard InChI is InChI=1S/C18H20FNO/c1-3-20-18(14-8-9-15(19)12(2)10-14)17-11-13-6-4-5-7-16(13)21-17/h4-10,17-18,20H,3,11H2,1-2H3. The van der Waals surface area contributed by atoms with Crippen LogP contribution in [0.5, 0.6) is 5.75 Å². The van der Waals surface area contributed by atoms with Crippen LogP contribution in [0, 0.1) is 12.7 Å². The van der Waals surface area contributed by atoms with Crippen molar-refractivity contribution in [3.05, 3.63) is 65.0 Å². The van der Waals surface area contributed by atoms with Crippen molar-refractivity contribution < 1.29 is 9.13 Å². The summed E-state index contributed by atoms with van der Waals surface area (Å²) in [7, 11) is 0. The fourth-order valence-electron chi connectivity index (χ4n) is 2.94. The van der Waals surface area contributed by atoms with Crippen LogP contribution in [0.2, 0.25) is 0 Å². The Labute approximate surface area is 125 Å². The maximum absolute atomic E-state index is 13.5. The fourth-order valence-corrected chi connectivity index (χ4v) is 2.94. The number of halogens is 1. The molecule has 1 heterocycles. The van der Waals surface area contributed by atoms with Crippen LogP contribution < -0.4 is 10.1 Å². The molecule has 3 heteroatoms. The van der Waals surface area contributed by atoms with Crippen LogP contribution in [0.25, 0.3) is 0 Å². The van der Waals surface area contributed by atoms with Crippen LogP contribution >= 0.6 is 0 Å². The van der Waals surface area contributed by atoms with Gasteiger partial charge in [-0.25, -0.2) is 4.39 Å². The van der Waals surface area contributed by atoms with Gasteiger partial charge in [0.05, 0.1) is 6.04 Å². The van der Waals surface area contributed by atoms with Gasteiger partial charge < -0.3 is 10.1 Å².